The van der Waals surface area contributed by atoms with Crippen LogP contribution in [0.5, 0.6) is 0 Å². The minimum Gasteiger partial charge on any atom is -0.391 e. The SMILES string of the molecule is COCC(O)CCNC(=O)C(CC(C)C)NS(C)(=O)=O. The maximum absolute atomic E-state index is 11.9. The zero-order chi connectivity index (χ0) is 15.8. The lowest BCUT2D eigenvalue weighted by Crippen LogP contribution is -2.47. The molecular weight excluding hydrogens is 284 g/mol. The van der Waals surface area contributed by atoms with E-state index in [1.807, 2.05) is 13.8 Å². The molecule has 20 heavy (non-hydrogen) atoms. The van der Waals surface area contributed by atoms with Crippen molar-refractivity contribution in [3.8, 4) is 0 Å². The molecule has 7 nitrogen and oxygen atoms in total. The van der Waals surface area contributed by atoms with E-state index in [1.54, 1.807) is 0 Å². The molecule has 120 valence electrons. The zero-order valence-corrected chi connectivity index (χ0v) is 13.4. The van der Waals surface area contributed by atoms with Gasteiger partial charge in [-0.25, -0.2) is 13.1 Å². The van der Waals surface area contributed by atoms with Gasteiger partial charge in [0.05, 0.1) is 19.0 Å². The van der Waals surface area contributed by atoms with Gasteiger partial charge in [-0.15, -0.1) is 0 Å². The summed E-state index contributed by atoms with van der Waals surface area (Å²) in [7, 11) is -1.96. The second-order valence-electron chi connectivity index (χ2n) is 5.26. The molecule has 0 fully saturated rings. The van der Waals surface area contributed by atoms with Gasteiger partial charge in [0, 0.05) is 13.7 Å². The molecule has 0 aromatic heterocycles. The summed E-state index contributed by atoms with van der Waals surface area (Å²) in [6.45, 7) is 4.29. The fourth-order valence-electron chi connectivity index (χ4n) is 1.70. The molecule has 1 amide bonds. The minimum absolute atomic E-state index is 0.180. The molecule has 0 aliphatic rings. The molecule has 3 N–H and O–H groups in total. The van der Waals surface area contributed by atoms with Crippen molar-refractivity contribution < 1.29 is 23.1 Å². The van der Waals surface area contributed by atoms with Crippen LogP contribution in [0.1, 0.15) is 26.7 Å². The molecule has 0 heterocycles. The van der Waals surface area contributed by atoms with E-state index in [2.05, 4.69) is 10.0 Å². The Morgan fingerprint density at radius 3 is 2.40 bits per heavy atom. The van der Waals surface area contributed by atoms with Gasteiger partial charge >= 0.3 is 0 Å². The molecule has 0 bridgehead atoms. The fourth-order valence-corrected chi connectivity index (χ4v) is 2.42. The average Bonchev–Trinajstić information content (AvgIpc) is 2.25. The summed E-state index contributed by atoms with van der Waals surface area (Å²) in [5.41, 5.74) is 0. The van der Waals surface area contributed by atoms with Gasteiger partial charge < -0.3 is 15.2 Å². The van der Waals surface area contributed by atoms with Crippen LogP contribution in [0.25, 0.3) is 0 Å². The van der Waals surface area contributed by atoms with Gasteiger partial charge in [0.2, 0.25) is 15.9 Å². The number of aliphatic hydroxyl groups is 1. The largest absolute Gasteiger partial charge is 0.391 e. The molecule has 0 aliphatic carbocycles. The van der Waals surface area contributed by atoms with Gasteiger partial charge in [0.1, 0.15) is 6.04 Å². The number of sulfonamides is 1. The lowest BCUT2D eigenvalue weighted by Gasteiger charge is -2.19. The van der Waals surface area contributed by atoms with Crippen LogP contribution in [0, 0.1) is 5.92 Å². The van der Waals surface area contributed by atoms with Gasteiger partial charge in [-0.3, -0.25) is 4.79 Å². The van der Waals surface area contributed by atoms with Crippen LogP contribution in [0.2, 0.25) is 0 Å². The molecule has 0 aromatic rings. The topological polar surface area (TPSA) is 105 Å². The minimum atomic E-state index is -3.44. The summed E-state index contributed by atoms with van der Waals surface area (Å²) < 4.78 is 29.6. The Morgan fingerprint density at radius 1 is 1.35 bits per heavy atom. The summed E-state index contributed by atoms with van der Waals surface area (Å²) in [6.07, 6.45) is 1.15. The highest BCUT2D eigenvalue weighted by Crippen LogP contribution is 2.06. The third-order valence-corrected chi connectivity index (χ3v) is 3.23. The van der Waals surface area contributed by atoms with Crippen molar-refractivity contribution in [2.75, 3.05) is 26.5 Å². The van der Waals surface area contributed by atoms with Crippen molar-refractivity contribution in [1.29, 1.82) is 0 Å². The predicted molar refractivity (Wildman–Crippen MR) is 76.7 cm³/mol. The lowest BCUT2D eigenvalue weighted by molar-refractivity contribution is -0.123. The van der Waals surface area contributed by atoms with E-state index in [-0.39, 0.29) is 25.0 Å². The van der Waals surface area contributed by atoms with Crippen molar-refractivity contribution in [3.05, 3.63) is 0 Å². The standard InChI is InChI=1S/C12H26N2O5S/c1-9(2)7-11(14-20(4,17)18)12(16)13-6-5-10(15)8-19-3/h9-11,14-15H,5-8H2,1-4H3,(H,13,16). The molecule has 2 atom stereocenters. The first-order valence-corrected chi connectivity index (χ1v) is 8.46. The third kappa shape index (κ3) is 10.1. The Bertz CT molecular complexity index is 383. The van der Waals surface area contributed by atoms with E-state index in [4.69, 9.17) is 4.74 Å². The molecule has 0 aliphatic heterocycles. The Balaban J connectivity index is 4.34. The van der Waals surface area contributed by atoms with E-state index in [1.165, 1.54) is 7.11 Å². The maximum atomic E-state index is 11.9. The quantitative estimate of drug-likeness (QED) is 0.503. The molecule has 8 heteroatoms. The molecule has 0 saturated heterocycles. The van der Waals surface area contributed by atoms with Crippen LogP contribution < -0.4 is 10.0 Å². The summed E-state index contributed by atoms with van der Waals surface area (Å²) in [5.74, 6) is -0.201. The number of ether oxygens (including phenoxy) is 1. The Morgan fingerprint density at radius 2 is 1.95 bits per heavy atom. The smallest absolute Gasteiger partial charge is 0.238 e. The number of methoxy groups -OCH3 is 1. The number of carbonyl (C=O) groups excluding carboxylic acids is 1. The van der Waals surface area contributed by atoms with Crippen molar-refractivity contribution >= 4 is 15.9 Å². The fraction of sp³-hybridized carbons (Fsp3) is 0.917. The van der Waals surface area contributed by atoms with Gasteiger partial charge in [0.15, 0.2) is 0 Å². The van der Waals surface area contributed by atoms with E-state index in [0.717, 1.165) is 6.26 Å². The van der Waals surface area contributed by atoms with Crippen molar-refractivity contribution in [1.82, 2.24) is 10.0 Å². The molecule has 0 aromatic carbocycles. The molecule has 0 radical (unpaired) electrons. The Labute approximate surface area is 121 Å². The molecule has 0 rings (SSSR count). The summed E-state index contributed by atoms with van der Waals surface area (Å²) in [5, 5.41) is 12.1. The zero-order valence-electron chi connectivity index (χ0n) is 12.5. The van der Waals surface area contributed by atoms with Crippen LogP contribution in [-0.4, -0.2) is 58.1 Å². The van der Waals surface area contributed by atoms with Crippen molar-refractivity contribution in [2.24, 2.45) is 5.92 Å². The highest BCUT2D eigenvalue weighted by Gasteiger charge is 2.22. The normalized spacial score (nSPS) is 15.1. The molecule has 0 spiro atoms. The summed E-state index contributed by atoms with van der Waals surface area (Å²) in [6, 6.07) is -0.787. The van der Waals surface area contributed by atoms with Gasteiger partial charge in [-0.1, -0.05) is 13.8 Å². The van der Waals surface area contributed by atoms with E-state index in [0.29, 0.717) is 12.8 Å². The number of amides is 1. The lowest BCUT2D eigenvalue weighted by atomic mass is 10.0. The first-order valence-electron chi connectivity index (χ1n) is 6.57. The first kappa shape index (κ1) is 19.3. The summed E-state index contributed by atoms with van der Waals surface area (Å²) in [4.78, 5) is 11.9. The van der Waals surface area contributed by atoms with Crippen LogP contribution in [0.3, 0.4) is 0 Å². The number of aliphatic hydroxyl groups excluding tert-OH is 1. The second kappa shape index (κ2) is 9.28. The van der Waals surface area contributed by atoms with E-state index >= 15 is 0 Å². The molecule has 2 unspecified atom stereocenters. The van der Waals surface area contributed by atoms with Gasteiger partial charge in [-0.2, -0.15) is 0 Å². The first-order chi connectivity index (χ1) is 9.15. The highest BCUT2D eigenvalue weighted by molar-refractivity contribution is 7.88. The second-order valence-corrected chi connectivity index (χ2v) is 7.04. The average molecular weight is 310 g/mol. The van der Waals surface area contributed by atoms with Gasteiger partial charge in [0.25, 0.3) is 0 Å². The van der Waals surface area contributed by atoms with Crippen LogP contribution in [0.4, 0.5) is 0 Å². The van der Waals surface area contributed by atoms with E-state index < -0.39 is 22.2 Å². The third-order valence-electron chi connectivity index (χ3n) is 2.52. The maximum Gasteiger partial charge on any atom is 0.238 e. The monoisotopic (exact) mass is 310 g/mol. The Kier molecular flexibility index (Phi) is 8.95. The Hall–Kier alpha value is -0.700. The predicted octanol–water partition coefficient (Wildman–Crippen LogP) is -0.536. The van der Waals surface area contributed by atoms with E-state index in [9.17, 15) is 18.3 Å². The van der Waals surface area contributed by atoms with Crippen LogP contribution >= 0.6 is 0 Å². The molecule has 0 saturated carbocycles. The molecular formula is C12H26N2O5S. The van der Waals surface area contributed by atoms with Crippen LogP contribution in [-0.2, 0) is 19.6 Å². The number of rotatable bonds is 10. The summed E-state index contributed by atoms with van der Waals surface area (Å²) >= 11 is 0. The highest BCUT2D eigenvalue weighted by atomic mass is 32.2. The van der Waals surface area contributed by atoms with Crippen LogP contribution in [0.15, 0.2) is 0 Å². The number of hydrogen-bond acceptors (Lipinski definition) is 5. The van der Waals surface area contributed by atoms with Crippen molar-refractivity contribution in [2.45, 2.75) is 38.8 Å². The van der Waals surface area contributed by atoms with Gasteiger partial charge in [-0.05, 0) is 18.8 Å². The van der Waals surface area contributed by atoms with Crippen molar-refractivity contribution in [3.63, 3.8) is 0 Å². The number of carbonyl (C=O) groups is 1. The number of nitrogens with one attached hydrogen (secondary N) is 2. The number of hydrogen-bond donors (Lipinski definition) is 3.